The summed E-state index contributed by atoms with van der Waals surface area (Å²) in [6.07, 6.45) is 7.82. The fourth-order valence-electron chi connectivity index (χ4n) is 3.46. The van der Waals surface area contributed by atoms with E-state index in [1.165, 1.54) is 16.3 Å². The Balaban J connectivity index is 1.46. The van der Waals surface area contributed by atoms with Crippen molar-refractivity contribution >= 4 is 23.2 Å². The van der Waals surface area contributed by atoms with E-state index < -0.39 is 0 Å². The quantitative estimate of drug-likeness (QED) is 0.561. The summed E-state index contributed by atoms with van der Waals surface area (Å²) in [5.74, 6) is 0.333. The van der Waals surface area contributed by atoms with Crippen molar-refractivity contribution in [2.75, 3.05) is 6.54 Å². The molecule has 0 radical (unpaired) electrons. The third-order valence-corrected chi connectivity index (χ3v) is 5.01. The number of rotatable bonds is 2. The van der Waals surface area contributed by atoms with Gasteiger partial charge in [0.05, 0.1) is 17.3 Å². The number of halogens is 1. The first kappa shape index (κ1) is 15.9. The number of aromatic nitrogens is 8. The van der Waals surface area contributed by atoms with Gasteiger partial charge in [0, 0.05) is 31.2 Å². The van der Waals surface area contributed by atoms with E-state index in [2.05, 4.69) is 30.7 Å². The highest BCUT2D eigenvalue weighted by atomic mass is 35.5. The second kappa shape index (κ2) is 5.88. The molecule has 136 valence electrons. The highest BCUT2D eigenvalue weighted by molar-refractivity contribution is 6.30. The summed E-state index contributed by atoms with van der Waals surface area (Å²) in [4.78, 5) is 19.1. The highest BCUT2D eigenvalue weighted by Crippen LogP contribution is 2.31. The maximum atomic E-state index is 13.1. The van der Waals surface area contributed by atoms with Crippen molar-refractivity contribution in [2.24, 2.45) is 0 Å². The van der Waals surface area contributed by atoms with Crippen LogP contribution in [0.5, 0.6) is 0 Å². The molecule has 1 N–H and O–H groups in total. The molecule has 1 atom stereocenters. The van der Waals surface area contributed by atoms with Crippen LogP contribution in [0, 0.1) is 0 Å². The second-order valence-corrected chi connectivity index (χ2v) is 6.82. The van der Waals surface area contributed by atoms with Gasteiger partial charge >= 0.3 is 0 Å². The lowest BCUT2D eigenvalue weighted by Gasteiger charge is -2.33. The topological polar surface area (TPSA) is 110 Å². The third kappa shape index (κ3) is 2.56. The van der Waals surface area contributed by atoms with Gasteiger partial charge in [0.25, 0.3) is 11.9 Å². The predicted octanol–water partition coefficient (Wildman–Crippen LogP) is 1.45. The first-order chi connectivity index (χ1) is 13.1. The molecule has 1 aliphatic heterocycles. The van der Waals surface area contributed by atoms with Gasteiger partial charge in [0.15, 0.2) is 11.3 Å². The minimum absolute atomic E-state index is 0.101. The number of carbonyl (C=O) groups excluding carboxylic acids is 1. The van der Waals surface area contributed by atoms with Crippen LogP contribution in [0.15, 0.2) is 30.9 Å². The van der Waals surface area contributed by atoms with E-state index >= 15 is 0 Å². The van der Waals surface area contributed by atoms with E-state index in [0.717, 1.165) is 12.0 Å². The van der Waals surface area contributed by atoms with Gasteiger partial charge in [-0.15, -0.1) is 5.10 Å². The molecule has 0 saturated carbocycles. The molecule has 0 aliphatic carbocycles. The SMILES string of the molecule is CC1c2cn(-c3nn[nH]n3)cc2CCN1C(=O)c1cc2ncc(Cl)cn2n1. The van der Waals surface area contributed by atoms with Crippen molar-refractivity contribution in [3.63, 3.8) is 0 Å². The molecule has 0 fully saturated rings. The number of fused-ring (bicyclic) bond motifs is 2. The normalized spacial score (nSPS) is 16.7. The van der Waals surface area contributed by atoms with Gasteiger partial charge in [-0.05, 0) is 29.7 Å². The van der Waals surface area contributed by atoms with Crippen LogP contribution in [-0.4, -0.2) is 57.1 Å². The van der Waals surface area contributed by atoms with Gasteiger partial charge in [0.1, 0.15) is 0 Å². The monoisotopic (exact) mass is 383 g/mol. The van der Waals surface area contributed by atoms with Gasteiger partial charge in [-0.1, -0.05) is 16.7 Å². The Labute approximate surface area is 157 Å². The summed E-state index contributed by atoms with van der Waals surface area (Å²) in [7, 11) is 0. The Kier molecular flexibility index (Phi) is 3.47. The average molecular weight is 384 g/mol. The van der Waals surface area contributed by atoms with Crippen molar-refractivity contribution in [3.8, 4) is 5.95 Å². The molecular formula is C16H14ClN9O. The van der Waals surface area contributed by atoms with Gasteiger partial charge in [-0.3, -0.25) is 9.36 Å². The van der Waals surface area contributed by atoms with Gasteiger partial charge in [-0.2, -0.15) is 10.3 Å². The number of hydrogen-bond donors (Lipinski definition) is 1. The highest BCUT2D eigenvalue weighted by Gasteiger charge is 2.31. The molecule has 4 aromatic heterocycles. The van der Waals surface area contributed by atoms with E-state index in [4.69, 9.17) is 11.6 Å². The second-order valence-electron chi connectivity index (χ2n) is 6.39. The fourth-order valence-corrected chi connectivity index (χ4v) is 3.61. The van der Waals surface area contributed by atoms with Crippen LogP contribution >= 0.6 is 11.6 Å². The van der Waals surface area contributed by atoms with Crippen molar-refractivity contribution in [1.82, 2.24) is 44.7 Å². The van der Waals surface area contributed by atoms with Crippen molar-refractivity contribution < 1.29 is 4.79 Å². The molecule has 1 amide bonds. The van der Waals surface area contributed by atoms with Crippen molar-refractivity contribution in [2.45, 2.75) is 19.4 Å². The first-order valence-corrected chi connectivity index (χ1v) is 8.74. The maximum Gasteiger partial charge on any atom is 0.274 e. The lowest BCUT2D eigenvalue weighted by atomic mass is 9.98. The zero-order valence-corrected chi connectivity index (χ0v) is 15.0. The number of aromatic amines is 1. The smallest absolute Gasteiger partial charge is 0.274 e. The average Bonchev–Trinajstić information content (AvgIpc) is 3.39. The van der Waals surface area contributed by atoms with E-state index in [0.29, 0.717) is 28.9 Å². The standard InChI is InChI=1S/C16H14ClN9O/c1-9-12-8-24(16-19-22-23-20-16)6-10(12)2-3-25(9)15(27)13-4-14-18-5-11(17)7-26(14)21-13/h4-9H,2-3H2,1H3,(H,19,20,22,23). The first-order valence-electron chi connectivity index (χ1n) is 8.36. The number of nitrogens with one attached hydrogen (secondary N) is 1. The summed E-state index contributed by atoms with van der Waals surface area (Å²) >= 11 is 5.94. The van der Waals surface area contributed by atoms with Crippen molar-refractivity contribution in [1.29, 1.82) is 0 Å². The molecular weight excluding hydrogens is 370 g/mol. The summed E-state index contributed by atoms with van der Waals surface area (Å²) in [6.45, 7) is 2.60. The van der Waals surface area contributed by atoms with E-state index in [-0.39, 0.29) is 11.9 Å². The Morgan fingerprint density at radius 1 is 1.33 bits per heavy atom. The van der Waals surface area contributed by atoms with Crippen LogP contribution in [0.3, 0.4) is 0 Å². The zero-order valence-electron chi connectivity index (χ0n) is 14.2. The minimum atomic E-state index is -0.137. The molecule has 11 heteroatoms. The van der Waals surface area contributed by atoms with Crippen LogP contribution in [0.25, 0.3) is 11.6 Å². The van der Waals surface area contributed by atoms with Gasteiger partial charge in [-0.25, -0.2) is 9.50 Å². The Morgan fingerprint density at radius 2 is 2.22 bits per heavy atom. The largest absolute Gasteiger partial charge is 0.330 e. The minimum Gasteiger partial charge on any atom is -0.330 e. The number of nitrogens with zero attached hydrogens (tertiary/aromatic N) is 8. The van der Waals surface area contributed by atoms with Crippen molar-refractivity contribution in [3.05, 3.63) is 52.7 Å². The summed E-state index contributed by atoms with van der Waals surface area (Å²) in [5, 5.41) is 18.8. The number of hydrogen-bond acceptors (Lipinski definition) is 6. The molecule has 4 aromatic rings. The lowest BCUT2D eigenvalue weighted by Crippen LogP contribution is -2.38. The molecule has 0 spiro atoms. The maximum absolute atomic E-state index is 13.1. The molecule has 1 unspecified atom stereocenters. The van der Waals surface area contributed by atoms with Crippen LogP contribution < -0.4 is 0 Å². The third-order valence-electron chi connectivity index (χ3n) is 4.81. The number of amides is 1. The van der Waals surface area contributed by atoms with Crippen LogP contribution in [0.1, 0.15) is 34.6 Å². The van der Waals surface area contributed by atoms with Crippen LogP contribution in [0.2, 0.25) is 5.02 Å². The Bertz CT molecular complexity index is 1150. The van der Waals surface area contributed by atoms with Gasteiger partial charge < -0.3 is 4.90 Å². The fraction of sp³-hybridized carbons (Fsp3) is 0.250. The van der Waals surface area contributed by atoms with E-state index in [1.54, 1.807) is 12.3 Å². The molecule has 0 bridgehead atoms. The molecule has 5 heterocycles. The molecule has 27 heavy (non-hydrogen) atoms. The van der Waals surface area contributed by atoms with Gasteiger partial charge in [0.2, 0.25) is 0 Å². The summed E-state index contributed by atoms with van der Waals surface area (Å²) < 4.78 is 3.33. The molecule has 10 nitrogen and oxygen atoms in total. The molecule has 5 rings (SSSR count). The molecule has 1 aliphatic rings. The number of tetrazole rings is 1. The predicted molar refractivity (Wildman–Crippen MR) is 94.7 cm³/mol. The number of carbonyl (C=O) groups is 1. The lowest BCUT2D eigenvalue weighted by molar-refractivity contribution is 0.0672. The summed E-state index contributed by atoms with van der Waals surface area (Å²) in [5.41, 5.74) is 3.15. The van der Waals surface area contributed by atoms with E-state index in [9.17, 15) is 4.79 Å². The molecule has 0 aromatic carbocycles. The summed E-state index contributed by atoms with van der Waals surface area (Å²) in [6, 6.07) is 1.57. The van der Waals surface area contributed by atoms with Crippen LogP contribution in [-0.2, 0) is 6.42 Å². The Hall–Kier alpha value is -3.27. The van der Waals surface area contributed by atoms with E-state index in [1.807, 2.05) is 28.8 Å². The van der Waals surface area contributed by atoms with Crippen LogP contribution in [0.4, 0.5) is 0 Å². The zero-order chi connectivity index (χ0) is 18.5. The Morgan fingerprint density at radius 3 is 3.04 bits per heavy atom. The molecule has 0 saturated heterocycles. The number of H-pyrrole nitrogens is 1.